The third kappa shape index (κ3) is 6.18. The standard InChI is InChI=1S/C25H24N2O2/c1-19-11-13-21(14-12-19)15-16-24(28)27-23-10-6-5-9-22(23)25(29)26-18-17-20-7-3-2-4-8-20/h2-16H,17-18H2,1H3,(H,26,29)(H,27,28). The number of hydrogen-bond acceptors (Lipinski definition) is 2. The van der Waals surface area contributed by atoms with Gasteiger partial charge in [0.05, 0.1) is 11.3 Å². The third-order valence-electron chi connectivity index (χ3n) is 4.48. The fourth-order valence-corrected chi connectivity index (χ4v) is 2.87. The fourth-order valence-electron chi connectivity index (χ4n) is 2.87. The minimum Gasteiger partial charge on any atom is -0.352 e. The molecule has 3 rings (SSSR count). The molecule has 146 valence electrons. The van der Waals surface area contributed by atoms with Crippen molar-refractivity contribution >= 4 is 23.6 Å². The molecule has 2 N–H and O–H groups in total. The van der Waals surface area contributed by atoms with Crippen molar-refractivity contribution in [3.8, 4) is 0 Å². The van der Waals surface area contributed by atoms with Gasteiger partial charge in [0.25, 0.3) is 5.91 Å². The minimum absolute atomic E-state index is 0.209. The van der Waals surface area contributed by atoms with E-state index in [4.69, 9.17) is 0 Å². The average Bonchev–Trinajstić information content (AvgIpc) is 2.74. The summed E-state index contributed by atoms with van der Waals surface area (Å²) in [6.45, 7) is 2.54. The number of carbonyl (C=O) groups excluding carboxylic acids is 2. The zero-order valence-corrected chi connectivity index (χ0v) is 16.4. The van der Waals surface area contributed by atoms with Crippen LogP contribution >= 0.6 is 0 Å². The van der Waals surface area contributed by atoms with Gasteiger partial charge in [-0.3, -0.25) is 9.59 Å². The molecule has 4 heteroatoms. The molecule has 0 saturated heterocycles. The molecule has 0 aliphatic heterocycles. The minimum atomic E-state index is -0.282. The lowest BCUT2D eigenvalue weighted by atomic mass is 10.1. The second kappa shape index (κ2) is 10.0. The van der Waals surface area contributed by atoms with Gasteiger partial charge in [-0.2, -0.15) is 0 Å². The number of nitrogens with one attached hydrogen (secondary N) is 2. The highest BCUT2D eigenvalue weighted by Gasteiger charge is 2.11. The molecule has 0 radical (unpaired) electrons. The first-order valence-corrected chi connectivity index (χ1v) is 9.59. The Bertz CT molecular complexity index is 993. The summed E-state index contributed by atoms with van der Waals surface area (Å²) in [5, 5.41) is 5.71. The van der Waals surface area contributed by atoms with Crippen molar-refractivity contribution in [1.29, 1.82) is 0 Å². The van der Waals surface area contributed by atoms with E-state index in [0.29, 0.717) is 17.8 Å². The van der Waals surface area contributed by atoms with E-state index in [1.807, 2.05) is 61.5 Å². The molecule has 0 aliphatic carbocycles. The number of rotatable bonds is 7. The number of carbonyl (C=O) groups is 2. The number of para-hydroxylation sites is 1. The van der Waals surface area contributed by atoms with Crippen LogP contribution in [0.1, 0.15) is 27.0 Å². The second-order valence-corrected chi connectivity index (χ2v) is 6.77. The van der Waals surface area contributed by atoms with Crippen LogP contribution in [0.25, 0.3) is 6.08 Å². The summed E-state index contributed by atoms with van der Waals surface area (Å²) in [6, 6.07) is 24.9. The molecule has 0 heterocycles. The van der Waals surface area contributed by atoms with E-state index >= 15 is 0 Å². The van der Waals surface area contributed by atoms with Gasteiger partial charge in [0, 0.05) is 12.6 Å². The Labute approximate surface area is 171 Å². The summed E-state index contributed by atoms with van der Waals surface area (Å²) in [6.07, 6.45) is 3.96. The molecule has 0 saturated carbocycles. The van der Waals surface area contributed by atoms with Gasteiger partial charge in [0.15, 0.2) is 0 Å². The number of amides is 2. The van der Waals surface area contributed by atoms with Crippen molar-refractivity contribution in [2.24, 2.45) is 0 Å². The number of anilines is 1. The molecule has 0 unspecified atom stereocenters. The van der Waals surface area contributed by atoms with Crippen molar-refractivity contribution in [1.82, 2.24) is 5.32 Å². The van der Waals surface area contributed by atoms with Crippen LogP contribution in [0.3, 0.4) is 0 Å². The van der Waals surface area contributed by atoms with Crippen molar-refractivity contribution < 1.29 is 9.59 Å². The Morgan fingerprint density at radius 3 is 2.31 bits per heavy atom. The highest BCUT2D eigenvalue weighted by molar-refractivity contribution is 6.07. The molecule has 0 atom stereocenters. The summed E-state index contributed by atoms with van der Waals surface area (Å²) in [5.74, 6) is -0.491. The van der Waals surface area contributed by atoms with Gasteiger partial charge in [-0.25, -0.2) is 0 Å². The lowest BCUT2D eigenvalue weighted by Crippen LogP contribution is -2.27. The molecule has 4 nitrogen and oxygen atoms in total. The Morgan fingerprint density at radius 1 is 0.862 bits per heavy atom. The molecule has 0 bridgehead atoms. The van der Waals surface area contributed by atoms with Crippen molar-refractivity contribution in [3.63, 3.8) is 0 Å². The molecule has 3 aromatic rings. The van der Waals surface area contributed by atoms with Gasteiger partial charge in [-0.1, -0.05) is 72.3 Å². The van der Waals surface area contributed by atoms with E-state index in [1.54, 1.807) is 30.3 Å². The number of aryl methyl sites for hydroxylation is 1. The zero-order chi connectivity index (χ0) is 20.5. The maximum atomic E-state index is 12.6. The van der Waals surface area contributed by atoms with E-state index in [0.717, 1.165) is 17.5 Å². The Balaban J connectivity index is 1.59. The summed E-state index contributed by atoms with van der Waals surface area (Å²) in [7, 11) is 0. The van der Waals surface area contributed by atoms with Gasteiger partial charge in [0.2, 0.25) is 5.91 Å². The van der Waals surface area contributed by atoms with Gasteiger partial charge in [-0.05, 0) is 42.7 Å². The predicted octanol–water partition coefficient (Wildman–Crippen LogP) is 4.62. The lowest BCUT2D eigenvalue weighted by Gasteiger charge is -2.10. The van der Waals surface area contributed by atoms with E-state index in [1.165, 1.54) is 11.6 Å². The monoisotopic (exact) mass is 384 g/mol. The molecular formula is C25H24N2O2. The summed E-state index contributed by atoms with van der Waals surface area (Å²) in [5.41, 5.74) is 4.20. The van der Waals surface area contributed by atoms with Crippen LogP contribution in [0.2, 0.25) is 0 Å². The molecule has 0 aliphatic rings. The Hall–Kier alpha value is -3.66. The molecule has 0 aromatic heterocycles. The molecule has 0 spiro atoms. The van der Waals surface area contributed by atoms with E-state index < -0.39 is 0 Å². The maximum Gasteiger partial charge on any atom is 0.253 e. The van der Waals surface area contributed by atoms with Crippen LogP contribution in [0.5, 0.6) is 0 Å². The van der Waals surface area contributed by atoms with Crippen molar-refractivity contribution in [2.45, 2.75) is 13.3 Å². The lowest BCUT2D eigenvalue weighted by molar-refractivity contribution is -0.111. The topological polar surface area (TPSA) is 58.2 Å². The first kappa shape index (κ1) is 20.1. The SMILES string of the molecule is Cc1ccc(C=CC(=O)Nc2ccccc2C(=O)NCCc2ccccc2)cc1. The molecular weight excluding hydrogens is 360 g/mol. The van der Waals surface area contributed by atoms with Gasteiger partial charge >= 0.3 is 0 Å². The van der Waals surface area contributed by atoms with Gasteiger partial charge in [-0.15, -0.1) is 0 Å². The maximum absolute atomic E-state index is 12.6. The van der Waals surface area contributed by atoms with Crippen LogP contribution in [0.15, 0.2) is 84.9 Å². The molecule has 29 heavy (non-hydrogen) atoms. The Morgan fingerprint density at radius 2 is 1.55 bits per heavy atom. The largest absolute Gasteiger partial charge is 0.352 e. The van der Waals surface area contributed by atoms with Gasteiger partial charge < -0.3 is 10.6 Å². The van der Waals surface area contributed by atoms with Crippen LogP contribution in [-0.4, -0.2) is 18.4 Å². The number of hydrogen-bond donors (Lipinski definition) is 2. The second-order valence-electron chi connectivity index (χ2n) is 6.77. The Kier molecular flexibility index (Phi) is 6.95. The molecule has 0 fully saturated rings. The van der Waals surface area contributed by atoms with Crippen LogP contribution in [0.4, 0.5) is 5.69 Å². The zero-order valence-electron chi connectivity index (χ0n) is 16.4. The van der Waals surface area contributed by atoms with Crippen LogP contribution < -0.4 is 10.6 Å². The fraction of sp³-hybridized carbons (Fsp3) is 0.120. The molecule has 3 aromatic carbocycles. The number of benzene rings is 3. The quantitative estimate of drug-likeness (QED) is 0.584. The molecule has 2 amide bonds. The van der Waals surface area contributed by atoms with Crippen molar-refractivity contribution in [3.05, 3.63) is 107 Å². The normalized spacial score (nSPS) is 10.7. The third-order valence-corrected chi connectivity index (χ3v) is 4.48. The smallest absolute Gasteiger partial charge is 0.253 e. The van der Waals surface area contributed by atoms with Crippen molar-refractivity contribution in [2.75, 3.05) is 11.9 Å². The predicted molar refractivity (Wildman–Crippen MR) is 118 cm³/mol. The van der Waals surface area contributed by atoms with Gasteiger partial charge in [0.1, 0.15) is 0 Å². The van der Waals surface area contributed by atoms with E-state index in [-0.39, 0.29) is 11.8 Å². The first-order chi connectivity index (χ1) is 14.1. The van der Waals surface area contributed by atoms with E-state index in [2.05, 4.69) is 10.6 Å². The van der Waals surface area contributed by atoms with Crippen LogP contribution in [0, 0.1) is 6.92 Å². The first-order valence-electron chi connectivity index (χ1n) is 9.59. The highest BCUT2D eigenvalue weighted by Crippen LogP contribution is 2.15. The summed E-state index contributed by atoms with van der Waals surface area (Å²) < 4.78 is 0. The summed E-state index contributed by atoms with van der Waals surface area (Å²) in [4.78, 5) is 24.9. The van der Waals surface area contributed by atoms with E-state index in [9.17, 15) is 9.59 Å². The average molecular weight is 384 g/mol. The van der Waals surface area contributed by atoms with Crippen LogP contribution in [-0.2, 0) is 11.2 Å². The highest BCUT2D eigenvalue weighted by atomic mass is 16.2. The summed E-state index contributed by atoms with van der Waals surface area (Å²) >= 11 is 0.